The number of pyridine rings is 1. The number of aromatic nitrogens is 3. The molecule has 0 aliphatic carbocycles. The number of hydrogen-bond donors (Lipinski definition) is 3. The summed E-state index contributed by atoms with van der Waals surface area (Å²) >= 11 is 0. The Hall–Kier alpha value is -4.35. The average molecular weight is 632 g/mol. The average Bonchev–Trinajstić information content (AvgIpc) is 2.93. The van der Waals surface area contributed by atoms with Gasteiger partial charge in [-0.15, -0.1) is 0 Å². The highest BCUT2D eigenvalue weighted by atomic mass is 32.2. The van der Waals surface area contributed by atoms with Crippen LogP contribution in [0.4, 0.5) is 5.95 Å². The standard InChI is InChI=1S/C34H41N5O5S/c1-21-14-24(4)36-26(15-21)19-35-27(18-34(5,6)7)20-44-30-17-29(31-22(2)10-8-11-23(31)3)37-33(38-30)39-45(42,43)28-13-9-12-25(16-28)32(40)41/h8-17,27,35H,18-20H2,1-7H3,(H,40,41)(H,37,38,39)/t27-/m1/s1. The minimum absolute atomic E-state index is 0.00262. The molecule has 0 aliphatic heterocycles. The van der Waals surface area contributed by atoms with Gasteiger partial charge in [-0.2, -0.15) is 4.98 Å². The number of aromatic carboxylic acids is 1. The van der Waals surface area contributed by atoms with Crippen LogP contribution in [0.3, 0.4) is 0 Å². The van der Waals surface area contributed by atoms with Crippen LogP contribution in [-0.2, 0) is 16.6 Å². The summed E-state index contributed by atoms with van der Waals surface area (Å²) in [5, 5.41) is 12.9. The number of carbonyl (C=O) groups is 1. The quantitative estimate of drug-likeness (QED) is 0.165. The SMILES string of the molecule is Cc1cc(C)nc(CN[C@@H](COc2cc(-c3c(C)cccc3C)nc(NS(=O)(=O)c3cccc(C(=O)O)c3)n2)CC(C)(C)C)c1. The molecule has 0 saturated carbocycles. The van der Waals surface area contributed by atoms with Crippen molar-refractivity contribution in [3.8, 4) is 17.1 Å². The summed E-state index contributed by atoms with van der Waals surface area (Å²) < 4.78 is 35.3. The molecule has 4 rings (SSSR count). The maximum atomic E-state index is 13.3. The number of rotatable bonds is 12. The molecule has 0 aliphatic rings. The first-order chi connectivity index (χ1) is 21.1. The Bertz CT molecular complexity index is 1760. The van der Waals surface area contributed by atoms with Gasteiger partial charge >= 0.3 is 5.97 Å². The van der Waals surface area contributed by atoms with Crippen molar-refractivity contribution in [2.75, 3.05) is 11.3 Å². The zero-order valence-corrected chi connectivity index (χ0v) is 27.6. The predicted molar refractivity (Wildman–Crippen MR) is 175 cm³/mol. The van der Waals surface area contributed by atoms with Crippen molar-refractivity contribution in [2.24, 2.45) is 5.41 Å². The number of carboxylic acid groups (broad SMARTS) is 1. The normalized spacial score (nSPS) is 12.5. The molecule has 0 radical (unpaired) electrons. The molecule has 0 bridgehead atoms. The number of nitrogens with one attached hydrogen (secondary N) is 2. The van der Waals surface area contributed by atoms with E-state index in [9.17, 15) is 18.3 Å². The molecule has 10 nitrogen and oxygen atoms in total. The molecule has 45 heavy (non-hydrogen) atoms. The zero-order chi connectivity index (χ0) is 32.9. The summed E-state index contributed by atoms with van der Waals surface area (Å²) in [7, 11) is -4.22. The number of ether oxygens (including phenoxy) is 1. The van der Waals surface area contributed by atoms with E-state index < -0.39 is 16.0 Å². The van der Waals surface area contributed by atoms with E-state index in [1.807, 2.05) is 52.0 Å². The second-order valence-corrected chi connectivity index (χ2v) is 14.2. The molecule has 0 spiro atoms. The maximum absolute atomic E-state index is 13.3. The number of anilines is 1. The molecule has 2 heterocycles. The Morgan fingerprint density at radius 1 is 0.933 bits per heavy atom. The van der Waals surface area contributed by atoms with E-state index in [2.05, 4.69) is 51.8 Å². The molecular weight excluding hydrogens is 590 g/mol. The van der Waals surface area contributed by atoms with Crippen LogP contribution in [0, 0.1) is 33.1 Å². The van der Waals surface area contributed by atoms with Gasteiger partial charge < -0.3 is 15.2 Å². The van der Waals surface area contributed by atoms with E-state index >= 15 is 0 Å². The fraction of sp³-hybridized carbons (Fsp3) is 0.353. The molecule has 0 saturated heterocycles. The highest BCUT2D eigenvalue weighted by Gasteiger charge is 2.22. The van der Waals surface area contributed by atoms with Gasteiger partial charge in [0.25, 0.3) is 10.0 Å². The van der Waals surface area contributed by atoms with Crippen LogP contribution < -0.4 is 14.8 Å². The van der Waals surface area contributed by atoms with Gasteiger partial charge in [-0.1, -0.05) is 45.0 Å². The third-order valence-electron chi connectivity index (χ3n) is 7.07. The van der Waals surface area contributed by atoms with Crippen LogP contribution >= 0.6 is 0 Å². The smallest absolute Gasteiger partial charge is 0.335 e. The van der Waals surface area contributed by atoms with Gasteiger partial charge in [0.05, 0.1) is 21.8 Å². The maximum Gasteiger partial charge on any atom is 0.335 e. The minimum Gasteiger partial charge on any atom is -0.478 e. The van der Waals surface area contributed by atoms with E-state index in [-0.39, 0.29) is 40.4 Å². The van der Waals surface area contributed by atoms with Gasteiger partial charge in [-0.25, -0.2) is 22.9 Å². The molecule has 0 unspecified atom stereocenters. The molecule has 238 valence electrons. The molecule has 11 heteroatoms. The van der Waals surface area contributed by atoms with E-state index in [0.29, 0.717) is 12.2 Å². The van der Waals surface area contributed by atoms with Crippen molar-refractivity contribution in [3.63, 3.8) is 0 Å². The Morgan fingerprint density at radius 3 is 2.27 bits per heavy atom. The Balaban J connectivity index is 1.66. The summed E-state index contributed by atoms with van der Waals surface area (Å²) in [5.74, 6) is -1.22. The van der Waals surface area contributed by atoms with E-state index in [4.69, 9.17) is 4.74 Å². The van der Waals surface area contributed by atoms with E-state index in [1.54, 1.807) is 6.07 Å². The van der Waals surface area contributed by atoms with Crippen LogP contribution in [0.1, 0.15) is 65.6 Å². The minimum atomic E-state index is -4.22. The first kappa shape index (κ1) is 33.5. The van der Waals surface area contributed by atoms with Gasteiger partial charge in [0.2, 0.25) is 11.8 Å². The fourth-order valence-corrected chi connectivity index (χ4v) is 6.24. The lowest BCUT2D eigenvalue weighted by Crippen LogP contribution is -2.37. The number of benzene rings is 2. The van der Waals surface area contributed by atoms with Gasteiger partial charge in [0.1, 0.15) is 6.61 Å². The lowest BCUT2D eigenvalue weighted by Gasteiger charge is -2.27. The predicted octanol–water partition coefficient (Wildman–Crippen LogP) is 6.24. The van der Waals surface area contributed by atoms with Crippen LogP contribution in [-0.4, -0.2) is 47.1 Å². The highest BCUT2D eigenvalue weighted by Crippen LogP contribution is 2.30. The number of aryl methyl sites for hydroxylation is 4. The summed E-state index contributed by atoms with van der Waals surface area (Å²) in [5.41, 5.74) is 6.13. The second kappa shape index (κ2) is 13.7. The lowest BCUT2D eigenvalue weighted by molar-refractivity contribution is 0.0696. The Morgan fingerprint density at radius 2 is 1.62 bits per heavy atom. The fourth-order valence-electron chi connectivity index (χ4n) is 5.25. The van der Waals surface area contributed by atoms with E-state index in [1.165, 1.54) is 18.2 Å². The van der Waals surface area contributed by atoms with Gasteiger partial charge in [0.15, 0.2) is 0 Å². The number of carboxylic acids is 1. The van der Waals surface area contributed by atoms with Crippen molar-refractivity contribution in [3.05, 3.63) is 94.3 Å². The Kier molecular flexibility index (Phi) is 10.2. The first-order valence-electron chi connectivity index (χ1n) is 14.7. The van der Waals surface area contributed by atoms with Crippen molar-refractivity contribution in [1.82, 2.24) is 20.3 Å². The molecule has 0 amide bonds. The molecule has 1 atom stereocenters. The largest absolute Gasteiger partial charge is 0.478 e. The summed E-state index contributed by atoms with van der Waals surface area (Å²) in [6, 6.07) is 16.7. The van der Waals surface area contributed by atoms with Gasteiger partial charge in [-0.3, -0.25) is 4.98 Å². The van der Waals surface area contributed by atoms with Crippen molar-refractivity contribution < 1.29 is 23.1 Å². The van der Waals surface area contributed by atoms with Crippen LogP contribution in [0.5, 0.6) is 5.88 Å². The van der Waals surface area contributed by atoms with Crippen molar-refractivity contribution >= 4 is 21.9 Å². The molecular formula is C34H41N5O5S. The molecule has 2 aromatic carbocycles. The highest BCUT2D eigenvalue weighted by molar-refractivity contribution is 7.92. The van der Waals surface area contributed by atoms with Crippen LogP contribution in [0.2, 0.25) is 0 Å². The molecule has 3 N–H and O–H groups in total. The van der Waals surface area contributed by atoms with E-state index in [0.717, 1.165) is 46.1 Å². The third kappa shape index (κ3) is 9.32. The Labute approximate surface area is 265 Å². The molecule has 2 aromatic heterocycles. The monoisotopic (exact) mass is 631 g/mol. The van der Waals surface area contributed by atoms with Gasteiger partial charge in [0, 0.05) is 29.9 Å². The topological polar surface area (TPSA) is 143 Å². The third-order valence-corrected chi connectivity index (χ3v) is 8.40. The zero-order valence-electron chi connectivity index (χ0n) is 26.8. The summed E-state index contributed by atoms with van der Waals surface area (Å²) in [6.07, 6.45) is 0.798. The van der Waals surface area contributed by atoms with Crippen LogP contribution in [0.15, 0.2) is 65.6 Å². The molecule has 0 fully saturated rings. The molecule has 4 aromatic rings. The number of hydrogen-bond acceptors (Lipinski definition) is 8. The van der Waals surface area contributed by atoms with Crippen molar-refractivity contribution in [2.45, 2.75) is 72.4 Å². The number of sulfonamides is 1. The van der Waals surface area contributed by atoms with Crippen LogP contribution in [0.25, 0.3) is 11.3 Å². The second-order valence-electron chi connectivity index (χ2n) is 12.6. The van der Waals surface area contributed by atoms with Gasteiger partial charge in [-0.05, 0) is 86.6 Å². The number of nitrogens with zero attached hydrogens (tertiary/aromatic N) is 3. The lowest BCUT2D eigenvalue weighted by atomic mass is 9.88. The van der Waals surface area contributed by atoms with Crippen molar-refractivity contribution in [1.29, 1.82) is 0 Å². The summed E-state index contributed by atoms with van der Waals surface area (Å²) in [6.45, 7) is 15.2. The summed E-state index contributed by atoms with van der Waals surface area (Å²) in [4.78, 5) is 24.8. The first-order valence-corrected chi connectivity index (χ1v) is 16.2.